The van der Waals surface area contributed by atoms with Crippen LogP contribution in [0.15, 0.2) is 48.7 Å². The maximum absolute atomic E-state index is 13.0. The monoisotopic (exact) mass is 451 g/mol. The number of hydrogen-bond acceptors (Lipinski definition) is 4. The summed E-state index contributed by atoms with van der Waals surface area (Å²) in [4.78, 5) is 13.3. The molecule has 0 saturated heterocycles. The maximum Gasteiger partial charge on any atom is 0.417 e. The Hall–Kier alpha value is -3.22. The molecule has 10 heteroatoms. The van der Waals surface area contributed by atoms with Gasteiger partial charge in [0.1, 0.15) is 17.6 Å². The molecule has 2 aromatic carbocycles. The molecule has 2 aromatic rings. The van der Waals surface area contributed by atoms with Gasteiger partial charge in [-0.05, 0) is 48.9 Å². The van der Waals surface area contributed by atoms with Gasteiger partial charge in [-0.1, -0.05) is 17.7 Å². The van der Waals surface area contributed by atoms with Crippen LogP contribution in [0.5, 0.6) is 11.5 Å². The zero-order chi connectivity index (χ0) is 22.6. The highest BCUT2D eigenvalue weighted by molar-refractivity contribution is 6.31. The van der Waals surface area contributed by atoms with Gasteiger partial charge in [0, 0.05) is 12.7 Å². The van der Waals surface area contributed by atoms with E-state index in [1.165, 1.54) is 23.1 Å². The summed E-state index contributed by atoms with van der Waals surface area (Å²) in [7, 11) is 0. The topological polar surface area (TPSA) is 74.6 Å². The van der Waals surface area contributed by atoms with E-state index >= 15 is 0 Å². The second-order valence-electron chi connectivity index (χ2n) is 6.49. The summed E-state index contributed by atoms with van der Waals surface area (Å²) in [6, 6.07) is 9.40. The molecule has 0 saturated carbocycles. The second-order valence-corrected chi connectivity index (χ2v) is 6.90. The fraction of sp³-hybridized carbons (Fsp3) is 0.238. The molecule has 0 radical (unpaired) electrons. The predicted molar refractivity (Wildman–Crippen MR) is 106 cm³/mol. The zero-order valence-corrected chi connectivity index (χ0v) is 17.0. The average Bonchev–Trinajstić information content (AvgIpc) is 2.73. The lowest BCUT2D eigenvalue weighted by Crippen LogP contribution is -2.46. The molecule has 31 heavy (non-hydrogen) atoms. The highest BCUT2D eigenvalue weighted by atomic mass is 35.5. The van der Waals surface area contributed by atoms with Gasteiger partial charge in [0.25, 0.3) is 0 Å². The Bertz CT molecular complexity index is 1050. The van der Waals surface area contributed by atoms with E-state index < -0.39 is 23.0 Å². The third-order valence-electron chi connectivity index (χ3n) is 4.37. The number of nitrogens with zero attached hydrogens (tertiary/aromatic N) is 2. The van der Waals surface area contributed by atoms with Gasteiger partial charge in [-0.15, -0.1) is 0 Å². The van der Waals surface area contributed by atoms with E-state index in [-0.39, 0.29) is 29.7 Å². The minimum Gasteiger partial charge on any atom is -0.456 e. The van der Waals surface area contributed by atoms with Crippen molar-refractivity contribution in [3.63, 3.8) is 0 Å². The summed E-state index contributed by atoms with van der Waals surface area (Å²) in [5.74, 6) is -0.0149. The number of nitrogens with one attached hydrogen (secondary N) is 1. The Balaban J connectivity index is 1.71. The minimum absolute atomic E-state index is 0.0890. The minimum atomic E-state index is -4.63. The summed E-state index contributed by atoms with van der Waals surface area (Å²) in [5, 5.41) is 11.6. The number of urea groups is 1. The molecule has 6 nitrogen and oxygen atoms in total. The summed E-state index contributed by atoms with van der Waals surface area (Å²) in [5.41, 5.74) is -0.291. The van der Waals surface area contributed by atoms with Gasteiger partial charge in [0.15, 0.2) is 6.23 Å². The van der Waals surface area contributed by atoms with E-state index in [9.17, 15) is 23.2 Å². The molecule has 1 N–H and O–H groups in total. The molecule has 1 aliphatic rings. The van der Waals surface area contributed by atoms with E-state index in [1.807, 2.05) is 13.0 Å². The molecule has 1 heterocycles. The summed E-state index contributed by atoms with van der Waals surface area (Å²) in [6.45, 7) is 2.46. The van der Waals surface area contributed by atoms with Crippen LogP contribution in [0.25, 0.3) is 0 Å². The Labute approximate surface area is 181 Å². The number of hydrogen-bond donors (Lipinski definition) is 1. The van der Waals surface area contributed by atoms with Gasteiger partial charge in [-0.2, -0.15) is 18.4 Å². The largest absolute Gasteiger partial charge is 0.456 e. The van der Waals surface area contributed by atoms with Crippen LogP contribution in [-0.4, -0.2) is 23.7 Å². The van der Waals surface area contributed by atoms with Crippen molar-refractivity contribution in [2.45, 2.75) is 25.9 Å². The highest BCUT2D eigenvalue weighted by Gasteiger charge is 2.33. The first kappa shape index (κ1) is 22.5. The lowest BCUT2D eigenvalue weighted by Gasteiger charge is -2.26. The van der Waals surface area contributed by atoms with Crippen molar-refractivity contribution < 1.29 is 27.4 Å². The zero-order valence-electron chi connectivity index (χ0n) is 16.2. The molecular weight excluding hydrogens is 435 g/mol. The van der Waals surface area contributed by atoms with Crippen LogP contribution in [0.4, 0.5) is 18.0 Å². The van der Waals surface area contributed by atoms with Crippen LogP contribution in [0.3, 0.4) is 0 Å². The molecule has 0 fully saturated rings. The van der Waals surface area contributed by atoms with E-state index in [2.05, 4.69) is 5.32 Å². The number of ether oxygens (including phenoxy) is 2. The van der Waals surface area contributed by atoms with Crippen molar-refractivity contribution >= 4 is 17.6 Å². The molecule has 1 unspecified atom stereocenters. The first-order chi connectivity index (χ1) is 14.7. The SMILES string of the molecule is CCN1C=CC(OCc2ccc(Oc3ccc(Cl)c(C(F)(F)F)c3)c(C#N)c2)NC1=O. The molecule has 1 atom stereocenters. The van der Waals surface area contributed by atoms with Gasteiger partial charge in [0.05, 0.1) is 22.8 Å². The van der Waals surface area contributed by atoms with E-state index in [0.717, 1.165) is 12.1 Å². The molecule has 162 valence electrons. The molecule has 1 aliphatic heterocycles. The quantitative estimate of drug-likeness (QED) is 0.636. The maximum atomic E-state index is 13.0. The number of carbonyl (C=O) groups is 1. The number of benzene rings is 2. The van der Waals surface area contributed by atoms with E-state index in [0.29, 0.717) is 12.1 Å². The fourth-order valence-electron chi connectivity index (χ4n) is 2.79. The second kappa shape index (κ2) is 9.29. The molecule has 0 bridgehead atoms. The Morgan fingerprint density at radius 1 is 1.26 bits per heavy atom. The number of alkyl halides is 3. The molecular formula is C21H17ClF3N3O3. The average molecular weight is 452 g/mol. The van der Waals surface area contributed by atoms with Crippen LogP contribution in [0.1, 0.15) is 23.6 Å². The number of carbonyl (C=O) groups excluding carboxylic acids is 1. The Kier molecular flexibility index (Phi) is 6.73. The van der Waals surface area contributed by atoms with Crippen molar-refractivity contribution in [2.24, 2.45) is 0 Å². The van der Waals surface area contributed by atoms with Gasteiger partial charge in [-0.3, -0.25) is 0 Å². The number of nitriles is 1. The van der Waals surface area contributed by atoms with E-state index in [4.69, 9.17) is 21.1 Å². The highest BCUT2D eigenvalue weighted by Crippen LogP contribution is 2.38. The standard InChI is InChI=1S/C21H17ClF3N3O3/c1-2-28-8-7-19(27-20(28)29)30-12-13-3-6-18(14(9-13)11-26)31-15-4-5-17(22)16(10-15)21(23,24)25/h3-10,19H,2,12H2,1H3,(H,27,29). The Morgan fingerprint density at radius 3 is 2.68 bits per heavy atom. The molecule has 0 spiro atoms. The van der Waals surface area contributed by atoms with Gasteiger partial charge in [-0.25, -0.2) is 4.79 Å². The summed E-state index contributed by atoms with van der Waals surface area (Å²) in [6.07, 6.45) is -1.94. The van der Waals surface area contributed by atoms with Crippen LogP contribution in [0.2, 0.25) is 5.02 Å². The third-order valence-corrected chi connectivity index (χ3v) is 4.70. The number of amides is 2. The van der Waals surface area contributed by atoms with Crippen molar-refractivity contribution in [1.82, 2.24) is 10.2 Å². The molecule has 3 rings (SSSR count). The first-order valence-corrected chi connectivity index (χ1v) is 9.53. The van der Waals surface area contributed by atoms with Gasteiger partial charge < -0.3 is 19.7 Å². The molecule has 0 aromatic heterocycles. The van der Waals surface area contributed by atoms with Crippen molar-refractivity contribution in [3.8, 4) is 17.6 Å². The predicted octanol–water partition coefficient (Wildman–Crippen LogP) is 5.42. The lowest BCUT2D eigenvalue weighted by atomic mass is 10.1. The number of rotatable bonds is 6. The molecule has 2 amide bonds. The third kappa shape index (κ3) is 5.48. The van der Waals surface area contributed by atoms with Crippen LogP contribution < -0.4 is 10.1 Å². The smallest absolute Gasteiger partial charge is 0.417 e. The normalized spacial score (nSPS) is 16.1. The van der Waals surface area contributed by atoms with Crippen LogP contribution in [-0.2, 0) is 17.5 Å². The summed E-state index contributed by atoms with van der Waals surface area (Å²) >= 11 is 5.61. The Morgan fingerprint density at radius 2 is 2.03 bits per heavy atom. The van der Waals surface area contributed by atoms with E-state index in [1.54, 1.807) is 18.3 Å². The lowest BCUT2D eigenvalue weighted by molar-refractivity contribution is -0.137. The fourth-order valence-corrected chi connectivity index (χ4v) is 3.01. The van der Waals surface area contributed by atoms with Crippen molar-refractivity contribution in [1.29, 1.82) is 5.26 Å². The first-order valence-electron chi connectivity index (χ1n) is 9.16. The van der Waals surface area contributed by atoms with Gasteiger partial charge >= 0.3 is 12.2 Å². The summed E-state index contributed by atoms with van der Waals surface area (Å²) < 4.78 is 50.2. The van der Waals surface area contributed by atoms with Gasteiger partial charge in [0.2, 0.25) is 0 Å². The van der Waals surface area contributed by atoms with Crippen molar-refractivity contribution in [2.75, 3.05) is 6.54 Å². The molecule has 0 aliphatic carbocycles. The van der Waals surface area contributed by atoms with Crippen molar-refractivity contribution in [3.05, 3.63) is 70.4 Å². The van der Waals surface area contributed by atoms with Crippen LogP contribution in [0, 0.1) is 11.3 Å². The van der Waals surface area contributed by atoms with Crippen LogP contribution >= 0.6 is 11.6 Å². The number of halogens is 4.